The Kier molecular flexibility index (Phi) is 3.89. The van der Waals surface area contributed by atoms with Crippen LogP contribution in [-0.2, 0) is 9.53 Å². The number of carbonyl (C=O) groups is 1. The fourth-order valence-corrected chi connectivity index (χ4v) is 2.15. The molecule has 5 nitrogen and oxygen atoms in total. The van der Waals surface area contributed by atoms with E-state index in [0.29, 0.717) is 22.0 Å². The standard InChI is InChI=1S/C16H11ClN2O3/c1-21-14-6-5-11(17)8-10(14)9-13-16(20)22-15(19-13)12-4-2-3-7-18-12/h2-9H,1H3/b13-9+. The van der Waals surface area contributed by atoms with Gasteiger partial charge in [0.25, 0.3) is 0 Å². The molecule has 0 N–H and O–H groups in total. The molecule has 6 heteroatoms. The lowest BCUT2D eigenvalue weighted by atomic mass is 10.1. The van der Waals surface area contributed by atoms with Gasteiger partial charge in [0.15, 0.2) is 5.70 Å². The Bertz CT molecular complexity index is 785. The molecule has 1 aliphatic rings. The van der Waals surface area contributed by atoms with Crippen molar-refractivity contribution in [2.45, 2.75) is 0 Å². The van der Waals surface area contributed by atoms with Crippen LogP contribution in [0.4, 0.5) is 0 Å². The highest BCUT2D eigenvalue weighted by molar-refractivity contribution is 6.30. The number of cyclic esters (lactones) is 1. The van der Waals surface area contributed by atoms with Crippen LogP contribution >= 0.6 is 11.6 Å². The van der Waals surface area contributed by atoms with Crippen molar-refractivity contribution in [3.05, 3.63) is 64.6 Å². The molecule has 0 spiro atoms. The van der Waals surface area contributed by atoms with E-state index in [9.17, 15) is 4.79 Å². The number of hydrogen-bond donors (Lipinski definition) is 0. The van der Waals surface area contributed by atoms with Crippen molar-refractivity contribution in [2.24, 2.45) is 4.99 Å². The third-order valence-corrected chi connectivity index (χ3v) is 3.22. The summed E-state index contributed by atoms with van der Waals surface area (Å²) in [5, 5.41) is 0.535. The zero-order valence-electron chi connectivity index (χ0n) is 11.6. The number of benzene rings is 1. The predicted octanol–water partition coefficient (Wildman–Crippen LogP) is 3.09. The molecule has 0 saturated heterocycles. The first-order chi connectivity index (χ1) is 10.7. The quantitative estimate of drug-likeness (QED) is 0.645. The van der Waals surface area contributed by atoms with Gasteiger partial charge in [0.05, 0.1) is 7.11 Å². The van der Waals surface area contributed by atoms with E-state index < -0.39 is 5.97 Å². The molecule has 1 aromatic carbocycles. The molecule has 2 aromatic rings. The second kappa shape index (κ2) is 5.99. The summed E-state index contributed by atoms with van der Waals surface area (Å²) >= 11 is 5.97. The van der Waals surface area contributed by atoms with Gasteiger partial charge >= 0.3 is 5.97 Å². The maximum absolute atomic E-state index is 11.9. The first-order valence-electron chi connectivity index (χ1n) is 6.45. The molecule has 0 fully saturated rings. The molecular formula is C16H11ClN2O3. The highest BCUT2D eigenvalue weighted by atomic mass is 35.5. The van der Waals surface area contributed by atoms with E-state index in [4.69, 9.17) is 21.1 Å². The maximum Gasteiger partial charge on any atom is 0.363 e. The number of hydrogen-bond acceptors (Lipinski definition) is 5. The molecule has 1 aliphatic heterocycles. The van der Waals surface area contributed by atoms with Crippen molar-refractivity contribution in [3.63, 3.8) is 0 Å². The van der Waals surface area contributed by atoms with Gasteiger partial charge in [-0.3, -0.25) is 4.98 Å². The van der Waals surface area contributed by atoms with E-state index >= 15 is 0 Å². The largest absolute Gasteiger partial charge is 0.496 e. The Morgan fingerprint density at radius 2 is 2.14 bits per heavy atom. The van der Waals surface area contributed by atoms with E-state index in [-0.39, 0.29) is 11.6 Å². The predicted molar refractivity (Wildman–Crippen MR) is 82.8 cm³/mol. The fraction of sp³-hybridized carbons (Fsp3) is 0.0625. The molecule has 0 bridgehead atoms. The minimum Gasteiger partial charge on any atom is -0.496 e. The highest BCUT2D eigenvalue weighted by Crippen LogP contribution is 2.27. The van der Waals surface area contributed by atoms with Crippen LogP contribution in [0.1, 0.15) is 11.3 Å². The van der Waals surface area contributed by atoms with Crippen LogP contribution in [0.5, 0.6) is 5.75 Å². The van der Waals surface area contributed by atoms with Gasteiger partial charge < -0.3 is 9.47 Å². The summed E-state index contributed by atoms with van der Waals surface area (Å²) in [5.41, 5.74) is 1.31. The Hall–Kier alpha value is -2.66. The van der Waals surface area contributed by atoms with E-state index in [1.54, 1.807) is 55.8 Å². The van der Waals surface area contributed by atoms with E-state index in [2.05, 4.69) is 9.98 Å². The van der Waals surface area contributed by atoms with Gasteiger partial charge in [-0.25, -0.2) is 9.79 Å². The van der Waals surface area contributed by atoms with Gasteiger partial charge in [-0.05, 0) is 36.4 Å². The first-order valence-corrected chi connectivity index (χ1v) is 6.82. The van der Waals surface area contributed by atoms with Crippen molar-refractivity contribution in [1.82, 2.24) is 4.98 Å². The Morgan fingerprint density at radius 3 is 2.86 bits per heavy atom. The lowest BCUT2D eigenvalue weighted by Gasteiger charge is -2.04. The summed E-state index contributed by atoms with van der Waals surface area (Å²) in [5.74, 6) is 0.228. The van der Waals surface area contributed by atoms with E-state index in [1.165, 1.54) is 0 Å². The molecule has 0 aliphatic carbocycles. The number of ether oxygens (including phenoxy) is 2. The van der Waals surface area contributed by atoms with Crippen LogP contribution in [0.2, 0.25) is 5.02 Å². The zero-order valence-corrected chi connectivity index (χ0v) is 12.4. The molecular weight excluding hydrogens is 304 g/mol. The summed E-state index contributed by atoms with van der Waals surface area (Å²) in [6.45, 7) is 0. The third-order valence-electron chi connectivity index (χ3n) is 2.99. The lowest BCUT2D eigenvalue weighted by molar-refractivity contribution is -0.129. The number of carbonyl (C=O) groups excluding carboxylic acids is 1. The van der Waals surface area contributed by atoms with Crippen LogP contribution in [0.25, 0.3) is 6.08 Å². The second-order valence-electron chi connectivity index (χ2n) is 4.44. The topological polar surface area (TPSA) is 60.8 Å². The van der Waals surface area contributed by atoms with Gasteiger partial charge in [-0.2, -0.15) is 0 Å². The average molecular weight is 315 g/mol. The highest BCUT2D eigenvalue weighted by Gasteiger charge is 2.25. The van der Waals surface area contributed by atoms with Gasteiger partial charge in [0, 0.05) is 16.8 Å². The van der Waals surface area contributed by atoms with Crippen molar-refractivity contribution < 1.29 is 14.3 Å². The molecule has 2 heterocycles. The molecule has 22 heavy (non-hydrogen) atoms. The Balaban J connectivity index is 2.00. The summed E-state index contributed by atoms with van der Waals surface area (Å²) in [7, 11) is 1.54. The third kappa shape index (κ3) is 2.84. The minimum atomic E-state index is -0.539. The van der Waals surface area contributed by atoms with E-state index in [0.717, 1.165) is 0 Å². The van der Waals surface area contributed by atoms with Crippen molar-refractivity contribution in [3.8, 4) is 5.75 Å². The summed E-state index contributed by atoms with van der Waals surface area (Å²) < 4.78 is 10.4. The van der Waals surface area contributed by atoms with Gasteiger partial charge in [0.1, 0.15) is 11.4 Å². The van der Waals surface area contributed by atoms with Crippen LogP contribution in [0.3, 0.4) is 0 Å². The van der Waals surface area contributed by atoms with Crippen molar-refractivity contribution in [1.29, 1.82) is 0 Å². The van der Waals surface area contributed by atoms with Crippen LogP contribution < -0.4 is 4.74 Å². The SMILES string of the molecule is COc1ccc(Cl)cc1/C=C1/N=C(c2ccccn2)OC1=O. The first kappa shape index (κ1) is 14.3. The number of halogens is 1. The lowest BCUT2D eigenvalue weighted by Crippen LogP contribution is -2.06. The fourth-order valence-electron chi connectivity index (χ4n) is 1.97. The normalized spacial score (nSPS) is 15.6. The number of aliphatic imine (C=N–C) groups is 1. The number of pyridine rings is 1. The van der Waals surface area contributed by atoms with Gasteiger partial charge in [-0.15, -0.1) is 0 Å². The molecule has 0 saturated carbocycles. The second-order valence-corrected chi connectivity index (χ2v) is 4.87. The molecule has 3 rings (SSSR count). The zero-order chi connectivity index (χ0) is 15.5. The van der Waals surface area contributed by atoms with Crippen molar-refractivity contribution in [2.75, 3.05) is 7.11 Å². The summed E-state index contributed by atoms with van der Waals surface area (Å²) in [4.78, 5) is 20.2. The molecule has 0 amide bonds. The summed E-state index contributed by atoms with van der Waals surface area (Å²) in [6, 6.07) is 10.4. The Labute approximate surface area is 131 Å². The van der Waals surface area contributed by atoms with Crippen LogP contribution in [0, 0.1) is 0 Å². The minimum absolute atomic E-state index is 0.168. The summed E-state index contributed by atoms with van der Waals surface area (Å²) in [6.07, 6.45) is 3.18. The monoisotopic (exact) mass is 314 g/mol. The number of aromatic nitrogens is 1. The Morgan fingerprint density at radius 1 is 1.27 bits per heavy atom. The smallest absolute Gasteiger partial charge is 0.363 e. The average Bonchev–Trinajstić information content (AvgIpc) is 2.90. The van der Waals surface area contributed by atoms with Crippen LogP contribution in [-0.4, -0.2) is 24.0 Å². The molecule has 0 atom stereocenters. The van der Waals surface area contributed by atoms with Gasteiger partial charge in [0.2, 0.25) is 5.90 Å². The number of nitrogens with zero attached hydrogens (tertiary/aromatic N) is 2. The molecule has 0 unspecified atom stereocenters. The molecule has 1 aromatic heterocycles. The number of methoxy groups -OCH3 is 1. The van der Waals surface area contributed by atoms with Crippen molar-refractivity contribution >= 4 is 29.5 Å². The number of esters is 1. The van der Waals surface area contributed by atoms with Gasteiger partial charge in [-0.1, -0.05) is 17.7 Å². The number of rotatable bonds is 3. The molecule has 110 valence electrons. The van der Waals surface area contributed by atoms with Crippen LogP contribution in [0.15, 0.2) is 53.3 Å². The van der Waals surface area contributed by atoms with E-state index in [1.807, 2.05) is 0 Å². The maximum atomic E-state index is 11.9. The molecule has 0 radical (unpaired) electrons.